The molecule has 0 unspecified atom stereocenters. The highest BCUT2D eigenvalue weighted by Gasteiger charge is 2.34. The summed E-state index contributed by atoms with van der Waals surface area (Å²) >= 11 is 0. The van der Waals surface area contributed by atoms with Crippen LogP contribution in [0.15, 0.2) is 0 Å². The van der Waals surface area contributed by atoms with E-state index in [1.54, 1.807) is 0 Å². The van der Waals surface area contributed by atoms with E-state index in [0.717, 1.165) is 6.54 Å². The van der Waals surface area contributed by atoms with Crippen LogP contribution in [0.3, 0.4) is 0 Å². The highest BCUT2D eigenvalue weighted by Crippen LogP contribution is 2.60. The lowest BCUT2D eigenvalue weighted by molar-refractivity contribution is 0.831. The molecule has 2 heteroatoms. The van der Waals surface area contributed by atoms with Gasteiger partial charge in [0.25, 0.3) is 0 Å². The predicted molar refractivity (Wildman–Crippen MR) is 80.2 cm³/mol. The van der Waals surface area contributed by atoms with Crippen molar-refractivity contribution in [3.63, 3.8) is 0 Å². The van der Waals surface area contributed by atoms with E-state index in [4.69, 9.17) is 5.73 Å². The summed E-state index contributed by atoms with van der Waals surface area (Å²) in [6.45, 7) is 7.87. The van der Waals surface area contributed by atoms with E-state index in [1.807, 2.05) is 0 Å². The molecule has 0 atom stereocenters. The van der Waals surface area contributed by atoms with Crippen molar-refractivity contribution in [2.75, 3.05) is 31.2 Å². The molecule has 0 saturated carbocycles. The maximum atomic E-state index is 5.86. The Balaban J connectivity index is 4.32. The predicted octanol–water partition coefficient (Wildman–Crippen LogP) is 4.36. The van der Waals surface area contributed by atoms with Gasteiger partial charge in [0.15, 0.2) is 0 Å². The third kappa shape index (κ3) is 6.86. The summed E-state index contributed by atoms with van der Waals surface area (Å²) in [5.74, 6) is 0. The molecule has 0 bridgehead atoms. The fourth-order valence-corrected chi connectivity index (χ4v) is 7.28. The first kappa shape index (κ1) is 16.4. The molecule has 0 amide bonds. The number of nitrogens with two attached hydrogens (primary N) is 1. The van der Waals surface area contributed by atoms with Gasteiger partial charge in [0.2, 0.25) is 0 Å². The van der Waals surface area contributed by atoms with Gasteiger partial charge in [-0.15, -0.1) is 0 Å². The molecule has 0 aliphatic carbocycles. The van der Waals surface area contributed by atoms with E-state index in [2.05, 4.69) is 20.8 Å². The van der Waals surface area contributed by atoms with Crippen molar-refractivity contribution in [1.29, 1.82) is 0 Å². The van der Waals surface area contributed by atoms with Gasteiger partial charge in [-0.05, 0) is 19.3 Å². The SMILES string of the molecule is CCCC[P+](CCN)(CCCC)CCCC. The Morgan fingerprint density at radius 1 is 0.688 bits per heavy atom. The molecule has 98 valence electrons. The van der Waals surface area contributed by atoms with E-state index in [-0.39, 0.29) is 0 Å². The first-order valence-electron chi connectivity index (χ1n) is 7.29. The molecular weight excluding hydrogens is 213 g/mol. The van der Waals surface area contributed by atoms with Crippen LogP contribution < -0.4 is 5.73 Å². The summed E-state index contributed by atoms with van der Waals surface area (Å²) < 4.78 is 0. The molecule has 0 aromatic rings. The Kier molecular flexibility index (Phi) is 10.8. The van der Waals surface area contributed by atoms with E-state index >= 15 is 0 Å². The Morgan fingerprint density at radius 3 is 1.31 bits per heavy atom. The zero-order chi connectivity index (χ0) is 12.3. The lowest BCUT2D eigenvalue weighted by Gasteiger charge is -2.27. The summed E-state index contributed by atoms with van der Waals surface area (Å²) in [6.07, 6.45) is 14.2. The van der Waals surface area contributed by atoms with E-state index in [9.17, 15) is 0 Å². The molecule has 0 saturated heterocycles. The minimum absolute atomic E-state index is 0.671. The lowest BCUT2D eigenvalue weighted by Crippen LogP contribution is -2.18. The van der Waals surface area contributed by atoms with Crippen molar-refractivity contribution in [2.24, 2.45) is 5.73 Å². The van der Waals surface area contributed by atoms with E-state index < -0.39 is 7.26 Å². The second kappa shape index (κ2) is 10.5. The van der Waals surface area contributed by atoms with Crippen LogP contribution in [0, 0.1) is 0 Å². The molecular formula is C14H33NP+. The van der Waals surface area contributed by atoms with Crippen molar-refractivity contribution in [2.45, 2.75) is 59.3 Å². The van der Waals surface area contributed by atoms with Gasteiger partial charge in [-0.3, -0.25) is 0 Å². The van der Waals surface area contributed by atoms with Gasteiger partial charge in [0, 0.05) is 13.8 Å². The minimum Gasteiger partial charge on any atom is -0.327 e. The molecule has 0 rings (SSSR count). The molecule has 0 heterocycles. The average molecular weight is 246 g/mol. The molecule has 2 N–H and O–H groups in total. The van der Waals surface area contributed by atoms with Crippen molar-refractivity contribution in [1.82, 2.24) is 0 Å². The standard InChI is InChI=1S/C14H33NP/c1-4-7-11-16(14-10-15,12-8-5-2)13-9-6-3/h4-15H2,1-3H3/q+1. The van der Waals surface area contributed by atoms with Gasteiger partial charge in [-0.2, -0.15) is 0 Å². The minimum atomic E-state index is -0.671. The monoisotopic (exact) mass is 246 g/mol. The summed E-state index contributed by atoms with van der Waals surface area (Å²) in [6, 6.07) is 0. The Bertz CT molecular complexity index is 126. The number of unbranched alkanes of at least 4 members (excludes halogenated alkanes) is 3. The van der Waals surface area contributed by atoms with Gasteiger partial charge in [0.05, 0.1) is 24.6 Å². The molecule has 0 aliphatic rings. The summed E-state index contributed by atoms with van der Waals surface area (Å²) in [4.78, 5) is 0. The smallest absolute Gasteiger partial charge is 0.0716 e. The Hall–Kier alpha value is 0.390. The van der Waals surface area contributed by atoms with Crippen molar-refractivity contribution < 1.29 is 0 Å². The van der Waals surface area contributed by atoms with Crippen LogP contribution in [0.2, 0.25) is 0 Å². The summed E-state index contributed by atoms with van der Waals surface area (Å²) in [7, 11) is -0.671. The van der Waals surface area contributed by atoms with Gasteiger partial charge in [-0.25, -0.2) is 0 Å². The number of rotatable bonds is 11. The fraction of sp³-hybridized carbons (Fsp3) is 1.00. The highest BCUT2D eigenvalue weighted by molar-refractivity contribution is 7.75. The van der Waals surface area contributed by atoms with E-state index in [1.165, 1.54) is 63.2 Å². The molecule has 0 fully saturated rings. The largest absolute Gasteiger partial charge is 0.327 e. The third-order valence-corrected chi connectivity index (χ3v) is 8.56. The molecule has 16 heavy (non-hydrogen) atoms. The van der Waals surface area contributed by atoms with Crippen molar-refractivity contribution >= 4 is 7.26 Å². The molecule has 0 radical (unpaired) electrons. The number of hydrogen-bond acceptors (Lipinski definition) is 1. The van der Waals surface area contributed by atoms with E-state index in [0.29, 0.717) is 0 Å². The van der Waals surface area contributed by atoms with Gasteiger partial charge in [-0.1, -0.05) is 40.0 Å². The topological polar surface area (TPSA) is 26.0 Å². The highest BCUT2D eigenvalue weighted by atomic mass is 31.2. The normalized spacial score (nSPS) is 12.0. The third-order valence-electron chi connectivity index (χ3n) is 3.56. The van der Waals surface area contributed by atoms with Crippen molar-refractivity contribution in [3.8, 4) is 0 Å². The first-order valence-corrected chi connectivity index (χ1v) is 9.82. The molecule has 1 nitrogen and oxygen atoms in total. The second-order valence-corrected chi connectivity index (χ2v) is 9.56. The van der Waals surface area contributed by atoms with Crippen LogP contribution in [0.4, 0.5) is 0 Å². The van der Waals surface area contributed by atoms with Crippen LogP contribution in [-0.2, 0) is 0 Å². The van der Waals surface area contributed by atoms with Crippen LogP contribution in [0.5, 0.6) is 0 Å². The Morgan fingerprint density at radius 2 is 1.06 bits per heavy atom. The van der Waals surface area contributed by atoms with Crippen LogP contribution in [0.1, 0.15) is 59.3 Å². The molecule has 0 spiro atoms. The Labute approximate surface area is 104 Å². The zero-order valence-corrected chi connectivity index (χ0v) is 12.7. The summed E-state index contributed by atoms with van der Waals surface area (Å²) in [5.41, 5.74) is 5.86. The van der Waals surface area contributed by atoms with Crippen LogP contribution >= 0.6 is 7.26 Å². The molecule has 0 aliphatic heterocycles. The second-order valence-electron chi connectivity index (χ2n) is 5.09. The first-order chi connectivity index (χ1) is 7.74. The fourth-order valence-electron chi connectivity index (χ4n) is 2.43. The van der Waals surface area contributed by atoms with Crippen LogP contribution in [-0.4, -0.2) is 31.2 Å². The molecule has 0 aromatic heterocycles. The van der Waals surface area contributed by atoms with Gasteiger partial charge < -0.3 is 5.73 Å². The quantitative estimate of drug-likeness (QED) is 0.538. The molecule has 0 aromatic carbocycles. The van der Waals surface area contributed by atoms with Crippen LogP contribution in [0.25, 0.3) is 0 Å². The zero-order valence-electron chi connectivity index (χ0n) is 11.8. The number of hydrogen-bond donors (Lipinski definition) is 1. The maximum absolute atomic E-state index is 5.86. The van der Waals surface area contributed by atoms with Gasteiger partial charge in [0.1, 0.15) is 0 Å². The lowest BCUT2D eigenvalue weighted by atomic mass is 10.4. The average Bonchev–Trinajstić information content (AvgIpc) is 2.31. The summed E-state index contributed by atoms with van der Waals surface area (Å²) in [5, 5.41) is 0. The van der Waals surface area contributed by atoms with Crippen molar-refractivity contribution in [3.05, 3.63) is 0 Å². The van der Waals surface area contributed by atoms with Gasteiger partial charge >= 0.3 is 0 Å². The maximum Gasteiger partial charge on any atom is 0.0716 e.